The normalized spacial score (nSPS) is 16.8. The Hall–Kier alpha value is -2.34. The molecule has 1 aromatic carbocycles. The van der Waals surface area contributed by atoms with Gasteiger partial charge in [0.25, 0.3) is 5.24 Å². The van der Waals surface area contributed by atoms with Gasteiger partial charge in [-0.15, -0.1) is 0 Å². The number of hydrogen-bond acceptors (Lipinski definition) is 4. The summed E-state index contributed by atoms with van der Waals surface area (Å²) in [6, 6.07) is 9.27. The molecular formula is C14H8FNO3S. The number of rotatable bonds is 2. The van der Waals surface area contributed by atoms with Crippen LogP contribution in [0, 0.1) is 5.82 Å². The molecule has 0 bridgehead atoms. The van der Waals surface area contributed by atoms with Crippen molar-refractivity contribution in [2.45, 2.75) is 0 Å². The summed E-state index contributed by atoms with van der Waals surface area (Å²) in [7, 11) is 0. The molecule has 0 unspecified atom stereocenters. The molecular weight excluding hydrogens is 281 g/mol. The first-order valence-corrected chi connectivity index (χ1v) is 6.54. The number of halogens is 1. The summed E-state index contributed by atoms with van der Waals surface area (Å²) in [6.07, 6.45) is 1.47. The molecule has 0 radical (unpaired) electrons. The van der Waals surface area contributed by atoms with Crippen LogP contribution < -0.4 is 5.32 Å². The summed E-state index contributed by atoms with van der Waals surface area (Å²) in [6.45, 7) is 0. The van der Waals surface area contributed by atoms with E-state index in [1.807, 2.05) is 0 Å². The molecule has 1 saturated heterocycles. The Labute approximate surface area is 117 Å². The van der Waals surface area contributed by atoms with Gasteiger partial charge in [0.2, 0.25) is 5.12 Å². The summed E-state index contributed by atoms with van der Waals surface area (Å²) in [5, 5.41) is 1.70. The second kappa shape index (κ2) is 4.97. The minimum atomic E-state index is -0.397. The molecule has 4 nitrogen and oxygen atoms in total. The van der Waals surface area contributed by atoms with Crippen molar-refractivity contribution in [2.24, 2.45) is 0 Å². The number of carbonyl (C=O) groups excluding carboxylic acids is 2. The van der Waals surface area contributed by atoms with E-state index in [2.05, 4.69) is 5.32 Å². The Bertz CT molecular complexity index is 718. The van der Waals surface area contributed by atoms with E-state index in [9.17, 15) is 14.0 Å². The number of benzene rings is 1. The zero-order valence-electron chi connectivity index (χ0n) is 10.1. The average Bonchev–Trinajstić information content (AvgIpc) is 2.98. The van der Waals surface area contributed by atoms with Gasteiger partial charge in [-0.25, -0.2) is 4.39 Å². The number of hydrogen-bond donors (Lipinski definition) is 1. The van der Waals surface area contributed by atoms with Gasteiger partial charge in [-0.1, -0.05) is 0 Å². The SMILES string of the molecule is O=C1N/C(=C\c2ccc(-c3ccc(F)cc3)o2)C(=O)S1. The number of carbonyl (C=O) groups is 2. The lowest BCUT2D eigenvalue weighted by Crippen LogP contribution is -2.10. The third kappa shape index (κ3) is 2.50. The van der Waals surface area contributed by atoms with Gasteiger partial charge in [-0.2, -0.15) is 0 Å². The van der Waals surface area contributed by atoms with Crippen LogP contribution in [0.25, 0.3) is 17.4 Å². The zero-order valence-corrected chi connectivity index (χ0v) is 10.9. The van der Waals surface area contributed by atoms with Gasteiger partial charge in [0.05, 0.1) is 0 Å². The fourth-order valence-corrected chi connectivity index (χ4v) is 2.31. The number of nitrogens with one attached hydrogen (secondary N) is 1. The first-order chi connectivity index (χ1) is 9.61. The van der Waals surface area contributed by atoms with Crippen molar-refractivity contribution in [1.29, 1.82) is 0 Å². The molecule has 0 aliphatic carbocycles. The molecule has 0 saturated carbocycles. The third-order valence-electron chi connectivity index (χ3n) is 2.68. The monoisotopic (exact) mass is 289 g/mol. The van der Waals surface area contributed by atoms with Gasteiger partial charge >= 0.3 is 0 Å². The Kier molecular flexibility index (Phi) is 3.15. The van der Waals surface area contributed by atoms with Crippen LogP contribution in [0.5, 0.6) is 0 Å². The topological polar surface area (TPSA) is 59.3 Å². The molecule has 6 heteroatoms. The van der Waals surface area contributed by atoms with Crippen molar-refractivity contribution in [2.75, 3.05) is 0 Å². The highest BCUT2D eigenvalue weighted by atomic mass is 32.2. The predicted octanol–water partition coefficient (Wildman–Crippen LogP) is 3.41. The van der Waals surface area contributed by atoms with Crippen molar-refractivity contribution in [3.63, 3.8) is 0 Å². The molecule has 1 amide bonds. The summed E-state index contributed by atoms with van der Waals surface area (Å²) in [5.74, 6) is 0.677. The van der Waals surface area contributed by atoms with Crippen molar-refractivity contribution < 1.29 is 18.4 Å². The Morgan fingerprint density at radius 2 is 1.85 bits per heavy atom. The first-order valence-electron chi connectivity index (χ1n) is 5.72. The van der Waals surface area contributed by atoms with E-state index < -0.39 is 5.24 Å². The highest BCUT2D eigenvalue weighted by Gasteiger charge is 2.25. The lowest BCUT2D eigenvalue weighted by molar-refractivity contribution is -0.107. The second-order valence-electron chi connectivity index (χ2n) is 4.07. The molecule has 2 aromatic rings. The Morgan fingerprint density at radius 1 is 1.10 bits per heavy atom. The molecule has 1 aromatic heterocycles. The first kappa shape index (κ1) is 12.7. The maximum absolute atomic E-state index is 12.8. The van der Waals surface area contributed by atoms with Gasteiger partial charge in [0.1, 0.15) is 23.0 Å². The molecule has 1 N–H and O–H groups in total. The predicted molar refractivity (Wildman–Crippen MR) is 73.2 cm³/mol. The van der Waals surface area contributed by atoms with Crippen molar-refractivity contribution in [3.05, 3.63) is 53.7 Å². The summed E-state index contributed by atoms with van der Waals surface area (Å²) in [5.41, 5.74) is 0.923. The van der Waals surface area contributed by atoms with E-state index >= 15 is 0 Å². The Balaban J connectivity index is 1.87. The molecule has 1 aliphatic heterocycles. The van der Waals surface area contributed by atoms with E-state index in [0.29, 0.717) is 23.3 Å². The number of thioether (sulfide) groups is 1. The van der Waals surface area contributed by atoms with Crippen LogP contribution in [0.3, 0.4) is 0 Å². The van der Waals surface area contributed by atoms with Crippen LogP contribution in [-0.4, -0.2) is 10.4 Å². The quantitative estimate of drug-likeness (QED) is 0.861. The minimum Gasteiger partial charge on any atom is -0.457 e. The van der Waals surface area contributed by atoms with E-state index in [1.165, 1.54) is 18.2 Å². The Morgan fingerprint density at radius 3 is 2.50 bits per heavy atom. The maximum Gasteiger partial charge on any atom is 0.291 e. The van der Waals surface area contributed by atoms with Gasteiger partial charge in [-0.3, -0.25) is 9.59 Å². The molecule has 100 valence electrons. The smallest absolute Gasteiger partial charge is 0.291 e. The maximum atomic E-state index is 12.8. The van der Waals surface area contributed by atoms with E-state index in [4.69, 9.17) is 4.42 Å². The van der Waals surface area contributed by atoms with Crippen LogP contribution in [0.1, 0.15) is 5.76 Å². The van der Waals surface area contributed by atoms with Crippen LogP contribution in [0.15, 0.2) is 46.5 Å². The van der Waals surface area contributed by atoms with Crippen LogP contribution in [0.4, 0.5) is 9.18 Å². The van der Waals surface area contributed by atoms with Crippen molar-refractivity contribution in [1.82, 2.24) is 5.32 Å². The molecule has 1 aliphatic rings. The highest BCUT2D eigenvalue weighted by Crippen LogP contribution is 2.25. The lowest BCUT2D eigenvalue weighted by atomic mass is 10.2. The average molecular weight is 289 g/mol. The van der Waals surface area contributed by atoms with E-state index in [1.54, 1.807) is 24.3 Å². The highest BCUT2D eigenvalue weighted by molar-refractivity contribution is 8.27. The fourth-order valence-electron chi connectivity index (χ4n) is 1.76. The molecule has 1 fully saturated rings. The van der Waals surface area contributed by atoms with Crippen molar-refractivity contribution >= 4 is 28.2 Å². The van der Waals surface area contributed by atoms with Gasteiger partial charge in [0, 0.05) is 23.4 Å². The van der Waals surface area contributed by atoms with Crippen LogP contribution in [-0.2, 0) is 4.79 Å². The minimum absolute atomic E-state index is 0.194. The molecule has 3 rings (SSSR count). The third-order valence-corrected chi connectivity index (χ3v) is 3.38. The van der Waals surface area contributed by atoms with Gasteiger partial charge in [-0.05, 0) is 36.4 Å². The van der Waals surface area contributed by atoms with Crippen LogP contribution in [0.2, 0.25) is 0 Å². The standard InChI is InChI=1S/C14H8FNO3S/c15-9-3-1-8(2-4-9)12-6-5-10(19-12)7-11-13(17)20-14(18)16-11/h1-7H,(H,16,18)/b11-7-. The molecule has 2 heterocycles. The number of furan rings is 1. The van der Waals surface area contributed by atoms with Crippen molar-refractivity contribution in [3.8, 4) is 11.3 Å². The van der Waals surface area contributed by atoms with Gasteiger partial charge < -0.3 is 9.73 Å². The second-order valence-corrected chi connectivity index (χ2v) is 5.01. The molecule has 0 spiro atoms. The summed E-state index contributed by atoms with van der Waals surface area (Å²) in [4.78, 5) is 22.5. The largest absolute Gasteiger partial charge is 0.457 e. The fraction of sp³-hybridized carbons (Fsp3) is 0. The lowest BCUT2D eigenvalue weighted by Gasteiger charge is -1.96. The zero-order chi connectivity index (χ0) is 14.1. The van der Waals surface area contributed by atoms with E-state index in [-0.39, 0.29) is 16.6 Å². The summed E-state index contributed by atoms with van der Waals surface area (Å²) < 4.78 is 18.4. The van der Waals surface area contributed by atoms with Gasteiger partial charge in [0.15, 0.2) is 0 Å². The summed E-state index contributed by atoms with van der Waals surface area (Å²) >= 11 is 0.612. The van der Waals surface area contributed by atoms with E-state index in [0.717, 1.165) is 5.56 Å². The molecule has 0 atom stereocenters. The van der Waals surface area contributed by atoms with Crippen LogP contribution >= 0.6 is 11.8 Å². The number of amides is 1. The molecule has 20 heavy (non-hydrogen) atoms.